The van der Waals surface area contributed by atoms with Crippen molar-refractivity contribution in [2.45, 2.75) is 20.3 Å². The summed E-state index contributed by atoms with van der Waals surface area (Å²) >= 11 is 0. The predicted octanol–water partition coefficient (Wildman–Crippen LogP) is 3.21. The Morgan fingerprint density at radius 1 is 0.800 bits per heavy atom. The first-order valence-electron chi connectivity index (χ1n) is 7.82. The van der Waals surface area contributed by atoms with Crippen LogP contribution in [-0.4, -0.2) is 26.0 Å². The van der Waals surface area contributed by atoms with Gasteiger partial charge in [-0.3, -0.25) is 9.59 Å². The van der Waals surface area contributed by atoms with Gasteiger partial charge in [0.15, 0.2) is 0 Å². The molecule has 0 heterocycles. The van der Waals surface area contributed by atoms with Crippen LogP contribution in [0.5, 0.6) is 11.5 Å². The average Bonchev–Trinajstić information content (AvgIpc) is 2.56. The van der Waals surface area contributed by atoms with Crippen LogP contribution in [0.1, 0.15) is 25.0 Å². The van der Waals surface area contributed by atoms with Gasteiger partial charge in [0.2, 0.25) is 11.8 Å². The fourth-order valence-corrected chi connectivity index (χ4v) is 2.51. The monoisotopic (exact) mass is 342 g/mol. The molecule has 0 saturated carbocycles. The number of carbonyl (C=O) groups excluding carboxylic acids is 2. The highest BCUT2D eigenvalue weighted by atomic mass is 16.5. The highest BCUT2D eigenvalue weighted by molar-refractivity contribution is 5.91. The second-order valence-electron chi connectivity index (χ2n) is 5.61. The van der Waals surface area contributed by atoms with Crippen LogP contribution in [0.25, 0.3) is 0 Å². The molecule has 0 radical (unpaired) electrons. The topological polar surface area (TPSA) is 76.7 Å². The summed E-state index contributed by atoms with van der Waals surface area (Å²) in [4.78, 5) is 22.5. The van der Waals surface area contributed by atoms with Gasteiger partial charge in [0.05, 0.1) is 25.6 Å². The van der Waals surface area contributed by atoms with Crippen molar-refractivity contribution in [2.75, 3.05) is 24.9 Å². The SMILES string of the molecule is COc1cc(Cc2ccc(NC(C)=O)c(OC)c2)ccc1NC(C)=O. The molecule has 0 aliphatic rings. The van der Waals surface area contributed by atoms with Crippen molar-refractivity contribution in [1.29, 1.82) is 0 Å². The van der Waals surface area contributed by atoms with Crippen LogP contribution in [0.15, 0.2) is 36.4 Å². The van der Waals surface area contributed by atoms with Crippen molar-refractivity contribution < 1.29 is 19.1 Å². The van der Waals surface area contributed by atoms with Gasteiger partial charge in [-0.1, -0.05) is 12.1 Å². The molecule has 0 aromatic heterocycles. The van der Waals surface area contributed by atoms with Crippen molar-refractivity contribution >= 4 is 23.2 Å². The van der Waals surface area contributed by atoms with Gasteiger partial charge < -0.3 is 20.1 Å². The highest BCUT2D eigenvalue weighted by Gasteiger charge is 2.09. The largest absolute Gasteiger partial charge is 0.495 e. The van der Waals surface area contributed by atoms with E-state index in [2.05, 4.69) is 10.6 Å². The minimum Gasteiger partial charge on any atom is -0.495 e. The van der Waals surface area contributed by atoms with Crippen molar-refractivity contribution in [3.63, 3.8) is 0 Å². The average molecular weight is 342 g/mol. The standard InChI is InChI=1S/C19H22N2O4/c1-12(22)20-16-7-5-14(10-18(16)24-3)9-15-6-8-17(21-13(2)23)19(11-15)25-4/h5-8,10-11H,9H2,1-4H3,(H,20,22)(H,21,23). The maximum absolute atomic E-state index is 11.2. The summed E-state index contributed by atoms with van der Waals surface area (Å²) < 4.78 is 10.7. The first kappa shape index (κ1) is 18.3. The predicted molar refractivity (Wildman–Crippen MR) is 97.4 cm³/mol. The molecule has 0 spiro atoms. The third-order valence-electron chi connectivity index (χ3n) is 3.56. The second kappa shape index (κ2) is 8.19. The molecule has 2 amide bonds. The molecule has 6 heteroatoms. The number of nitrogens with one attached hydrogen (secondary N) is 2. The van der Waals surface area contributed by atoms with Gasteiger partial charge in [-0.05, 0) is 41.8 Å². The van der Waals surface area contributed by atoms with E-state index in [0.29, 0.717) is 29.3 Å². The van der Waals surface area contributed by atoms with E-state index in [1.807, 2.05) is 36.4 Å². The first-order valence-corrected chi connectivity index (χ1v) is 7.82. The van der Waals surface area contributed by atoms with Crippen LogP contribution in [0.3, 0.4) is 0 Å². The van der Waals surface area contributed by atoms with Gasteiger partial charge >= 0.3 is 0 Å². The van der Waals surface area contributed by atoms with Crippen molar-refractivity contribution in [3.8, 4) is 11.5 Å². The van der Waals surface area contributed by atoms with E-state index in [1.165, 1.54) is 13.8 Å². The Morgan fingerprint density at radius 2 is 1.20 bits per heavy atom. The lowest BCUT2D eigenvalue weighted by molar-refractivity contribution is -0.115. The number of benzene rings is 2. The number of carbonyl (C=O) groups is 2. The summed E-state index contributed by atoms with van der Waals surface area (Å²) in [5, 5.41) is 5.47. The molecule has 6 nitrogen and oxygen atoms in total. The molecule has 0 saturated heterocycles. The number of rotatable bonds is 6. The van der Waals surface area contributed by atoms with Gasteiger partial charge in [-0.15, -0.1) is 0 Å². The molecule has 2 rings (SSSR count). The molecular formula is C19H22N2O4. The molecule has 2 aromatic carbocycles. The van der Waals surface area contributed by atoms with E-state index in [1.54, 1.807) is 14.2 Å². The Morgan fingerprint density at radius 3 is 1.52 bits per heavy atom. The molecule has 132 valence electrons. The van der Waals surface area contributed by atoms with Crippen LogP contribution < -0.4 is 20.1 Å². The number of hydrogen-bond donors (Lipinski definition) is 2. The van der Waals surface area contributed by atoms with E-state index in [-0.39, 0.29) is 11.8 Å². The first-order chi connectivity index (χ1) is 11.9. The smallest absolute Gasteiger partial charge is 0.221 e. The number of hydrogen-bond acceptors (Lipinski definition) is 4. The molecule has 2 N–H and O–H groups in total. The van der Waals surface area contributed by atoms with E-state index in [0.717, 1.165) is 11.1 Å². The van der Waals surface area contributed by atoms with Gasteiger partial charge in [0.25, 0.3) is 0 Å². The zero-order valence-corrected chi connectivity index (χ0v) is 14.8. The Labute approximate surface area is 147 Å². The molecule has 25 heavy (non-hydrogen) atoms. The van der Waals surface area contributed by atoms with Crippen LogP contribution in [0, 0.1) is 0 Å². The number of amides is 2. The summed E-state index contributed by atoms with van der Waals surface area (Å²) in [6.45, 7) is 2.91. The van der Waals surface area contributed by atoms with Crippen LogP contribution >= 0.6 is 0 Å². The second-order valence-corrected chi connectivity index (χ2v) is 5.61. The Bertz CT molecular complexity index is 721. The molecule has 2 aromatic rings. The summed E-state index contributed by atoms with van der Waals surface area (Å²) in [6, 6.07) is 11.3. The summed E-state index contributed by atoms with van der Waals surface area (Å²) in [7, 11) is 3.13. The molecule has 0 aliphatic heterocycles. The molecule has 0 atom stereocenters. The maximum Gasteiger partial charge on any atom is 0.221 e. The van der Waals surface area contributed by atoms with Crippen molar-refractivity contribution in [2.24, 2.45) is 0 Å². The maximum atomic E-state index is 11.2. The summed E-state index contributed by atoms with van der Waals surface area (Å²) in [5.74, 6) is 0.915. The van der Waals surface area contributed by atoms with Crippen LogP contribution in [-0.2, 0) is 16.0 Å². The molecule has 0 aliphatic carbocycles. The van der Waals surface area contributed by atoms with Crippen molar-refractivity contribution in [3.05, 3.63) is 47.5 Å². The van der Waals surface area contributed by atoms with Gasteiger partial charge in [-0.2, -0.15) is 0 Å². The normalized spacial score (nSPS) is 10.1. The van der Waals surface area contributed by atoms with Gasteiger partial charge in [-0.25, -0.2) is 0 Å². The summed E-state index contributed by atoms with van der Waals surface area (Å²) in [5.41, 5.74) is 3.33. The minimum absolute atomic E-state index is 0.149. The van der Waals surface area contributed by atoms with Gasteiger partial charge in [0, 0.05) is 13.8 Å². The zero-order valence-electron chi connectivity index (χ0n) is 14.8. The minimum atomic E-state index is -0.149. The van der Waals surface area contributed by atoms with E-state index in [4.69, 9.17) is 9.47 Å². The highest BCUT2D eigenvalue weighted by Crippen LogP contribution is 2.29. The fraction of sp³-hybridized carbons (Fsp3) is 0.263. The lowest BCUT2D eigenvalue weighted by Crippen LogP contribution is -2.08. The lowest BCUT2D eigenvalue weighted by Gasteiger charge is -2.13. The molecule has 0 unspecified atom stereocenters. The van der Waals surface area contributed by atoms with E-state index < -0.39 is 0 Å². The van der Waals surface area contributed by atoms with Crippen LogP contribution in [0.4, 0.5) is 11.4 Å². The van der Waals surface area contributed by atoms with E-state index in [9.17, 15) is 9.59 Å². The Balaban J connectivity index is 2.24. The number of methoxy groups -OCH3 is 2. The zero-order chi connectivity index (χ0) is 18.4. The van der Waals surface area contributed by atoms with E-state index >= 15 is 0 Å². The number of ether oxygens (including phenoxy) is 2. The van der Waals surface area contributed by atoms with Crippen molar-refractivity contribution in [1.82, 2.24) is 0 Å². The molecule has 0 bridgehead atoms. The van der Waals surface area contributed by atoms with Crippen LogP contribution in [0.2, 0.25) is 0 Å². The Kier molecular flexibility index (Phi) is 6.00. The lowest BCUT2D eigenvalue weighted by atomic mass is 10.0. The molecular weight excluding hydrogens is 320 g/mol. The quantitative estimate of drug-likeness (QED) is 0.845. The number of anilines is 2. The Hall–Kier alpha value is -3.02. The third-order valence-corrected chi connectivity index (χ3v) is 3.56. The van der Waals surface area contributed by atoms with Gasteiger partial charge in [0.1, 0.15) is 11.5 Å². The molecule has 0 fully saturated rings. The fourth-order valence-electron chi connectivity index (χ4n) is 2.51. The summed E-state index contributed by atoms with van der Waals surface area (Å²) in [6.07, 6.45) is 0.660. The third kappa shape index (κ3) is 4.97.